The van der Waals surface area contributed by atoms with E-state index in [0.717, 1.165) is 22.7 Å². The Labute approximate surface area is 138 Å². The van der Waals surface area contributed by atoms with Crippen LogP contribution in [0.1, 0.15) is 0 Å². The Hall–Kier alpha value is 0.601. The fourth-order valence-electron chi connectivity index (χ4n) is 1.31. The van der Waals surface area contributed by atoms with Gasteiger partial charge in [0.25, 0.3) is 0 Å². The molecular formula is C9H8BF3KNS. The van der Waals surface area contributed by atoms with Gasteiger partial charge in [-0.15, -0.1) is 11.8 Å². The van der Waals surface area contributed by atoms with E-state index in [-0.39, 0.29) is 51.4 Å². The summed E-state index contributed by atoms with van der Waals surface area (Å²) in [6.07, 6.45) is 0. The first-order valence-corrected chi connectivity index (χ1v) is 5.45. The van der Waals surface area contributed by atoms with E-state index in [1.807, 2.05) is 24.3 Å². The average Bonchev–Trinajstić information content (AvgIpc) is 2.56. The van der Waals surface area contributed by atoms with Crippen molar-refractivity contribution in [3.8, 4) is 0 Å². The van der Waals surface area contributed by atoms with Crippen molar-refractivity contribution in [2.75, 3.05) is 5.65 Å². The minimum absolute atomic E-state index is 0. The summed E-state index contributed by atoms with van der Waals surface area (Å²) in [6, 6.07) is 9.16. The summed E-state index contributed by atoms with van der Waals surface area (Å²) in [5, 5.41) is 1.50. The topological polar surface area (TPSA) is 15.8 Å². The van der Waals surface area contributed by atoms with Crippen molar-refractivity contribution in [1.82, 2.24) is 4.98 Å². The number of halogens is 3. The van der Waals surface area contributed by atoms with Crippen LogP contribution in [0.2, 0.25) is 0 Å². The molecule has 7 heteroatoms. The molecule has 80 valence electrons. The first kappa shape index (κ1) is 14.7. The molecule has 0 fully saturated rings. The van der Waals surface area contributed by atoms with E-state index in [2.05, 4.69) is 4.98 Å². The standard InChI is InChI=1S/C9H8BF3NS.K/c11-10(12,13)6-15-9-5-7-3-1-2-4-8(7)14-9;/h1-5,14H,6H2;/q-1;+1. The smallest absolute Gasteiger partial charge is 0.448 e. The van der Waals surface area contributed by atoms with Gasteiger partial charge in [0, 0.05) is 10.9 Å². The maximum absolute atomic E-state index is 12.0. The third-order valence-electron chi connectivity index (χ3n) is 1.93. The zero-order valence-corrected chi connectivity index (χ0v) is 12.7. The number of H-pyrrole nitrogens is 1. The second-order valence-electron chi connectivity index (χ2n) is 3.24. The van der Waals surface area contributed by atoms with Crippen LogP contribution in [0, 0.1) is 0 Å². The Balaban J connectivity index is 0.00000128. The molecule has 0 aliphatic heterocycles. The Morgan fingerprint density at radius 2 is 1.88 bits per heavy atom. The van der Waals surface area contributed by atoms with E-state index >= 15 is 0 Å². The van der Waals surface area contributed by atoms with Gasteiger partial charge in [0.2, 0.25) is 0 Å². The van der Waals surface area contributed by atoms with E-state index in [4.69, 9.17) is 0 Å². The van der Waals surface area contributed by atoms with E-state index in [9.17, 15) is 12.9 Å². The van der Waals surface area contributed by atoms with Crippen LogP contribution >= 0.6 is 11.8 Å². The molecule has 1 aromatic heterocycles. The average molecular weight is 269 g/mol. The minimum Gasteiger partial charge on any atom is -0.448 e. The molecule has 1 heterocycles. The van der Waals surface area contributed by atoms with Crippen molar-refractivity contribution >= 4 is 29.6 Å². The zero-order chi connectivity index (χ0) is 10.9. The van der Waals surface area contributed by atoms with Crippen LogP contribution in [0.25, 0.3) is 10.9 Å². The van der Waals surface area contributed by atoms with Gasteiger partial charge in [-0.2, -0.15) is 0 Å². The minimum atomic E-state index is -4.72. The van der Waals surface area contributed by atoms with Gasteiger partial charge in [0.1, 0.15) is 0 Å². The number of aromatic amines is 1. The van der Waals surface area contributed by atoms with Crippen molar-refractivity contribution in [1.29, 1.82) is 0 Å². The number of thioether (sulfide) groups is 1. The van der Waals surface area contributed by atoms with E-state index in [0.29, 0.717) is 5.03 Å². The van der Waals surface area contributed by atoms with Crippen LogP contribution in [-0.2, 0) is 0 Å². The monoisotopic (exact) mass is 269 g/mol. The molecule has 0 bridgehead atoms. The summed E-state index contributed by atoms with van der Waals surface area (Å²) < 4.78 is 36.1. The molecule has 2 rings (SSSR count). The number of nitrogens with one attached hydrogen (secondary N) is 1. The zero-order valence-electron chi connectivity index (χ0n) is 8.71. The quantitative estimate of drug-likeness (QED) is 0.639. The van der Waals surface area contributed by atoms with Crippen molar-refractivity contribution in [2.24, 2.45) is 0 Å². The van der Waals surface area contributed by atoms with E-state index in [1.54, 1.807) is 6.07 Å². The van der Waals surface area contributed by atoms with Crippen molar-refractivity contribution in [3.05, 3.63) is 30.3 Å². The van der Waals surface area contributed by atoms with Gasteiger partial charge in [-0.3, -0.25) is 0 Å². The predicted octanol–water partition coefficient (Wildman–Crippen LogP) is 0.651. The Morgan fingerprint density at radius 3 is 2.50 bits per heavy atom. The van der Waals surface area contributed by atoms with Crippen LogP contribution in [-0.4, -0.2) is 17.6 Å². The number of rotatable bonds is 3. The first-order valence-electron chi connectivity index (χ1n) is 4.46. The summed E-state index contributed by atoms with van der Waals surface area (Å²) in [6.45, 7) is -4.72. The molecule has 0 atom stereocenters. The third-order valence-corrected chi connectivity index (χ3v) is 3.01. The van der Waals surface area contributed by atoms with Crippen molar-refractivity contribution < 1.29 is 64.3 Å². The van der Waals surface area contributed by atoms with Crippen LogP contribution in [0.4, 0.5) is 12.9 Å². The Morgan fingerprint density at radius 1 is 1.19 bits per heavy atom. The second kappa shape index (κ2) is 5.97. The molecule has 1 N–H and O–H groups in total. The maximum Gasteiger partial charge on any atom is 1.00 e. The van der Waals surface area contributed by atoms with Gasteiger partial charge in [0.15, 0.2) is 0 Å². The van der Waals surface area contributed by atoms with Crippen LogP contribution in [0.5, 0.6) is 0 Å². The molecule has 0 aliphatic rings. The molecule has 0 radical (unpaired) electrons. The predicted molar refractivity (Wildman–Crippen MR) is 58.1 cm³/mol. The molecule has 0 saturated carbocycles. The van der Waals surface area contributed by atoms with Gasteiger partial charge in [-0.05, 0) is 17.8 Å². The molecule has 1 nitrogen and oxygen atoms in total. The summed E-state index contributed by atoms with van der Waals surface area (Å²) >= 11 is 0.800. The van der Waals surface area contributed by atoms with Gasteiger partial charge in [-0.1, -0.05) is 18.2 Å². The summed E-state index contributed by atoms with van der Waals surface area (Å²) in [4.78, 5) is 2.94. The second-order valence-corrected chi connectivity index (χ2v) is 4.30. The number of para-hydroxylation sites is 1. The number of hydrogen-bond donors (Lipinski definition) is 1. The summed E-state index contributed by atoms with van der Waals surface area (Å²) in [7, 11) is 0. The molecule has 1 aromatic carbocycles. The summed E-state index contributed by atoms with van der Waals surface area (Å²) in [5.74, 6) is 0. The SMILES string of the molecule is F[B-](F)(F)CSc1cc2ccccc2[nH]1.[K+]. The number of benzene rings is 1. The van der Waals surface area contributed by atoms with Crippen LogP contribution in [0.3, 0.4) is 0 Å². The Kier molecular flexibility index (Phi) is 5.47. The molecule has 0 aliphatic carbocycles. The van der Waals surface area contributed by atoms with Gasteiger partial charge < -0.3 is 17.9 Å². The maximum atomic E-state index is 12.0. The van der Waals surface area contributed by atoms with Crippen molar-refractivity contribution in [3.63, 3.8) is 0 Å². The van der Waals surface area contributed by atoms with E-state index in [1.165, 1.54) is 0 Å². The number of hydrogen-bond acceptors (Lipinski definition) is 1. The number of aromatic nitrogens is 1. The fraction of sp³-hybridized carbons (Fsp3) is 0.111. The first-order chi connectivity index (χ1) is 7.04. The Bertz CT molecular complexity index is 438. The molecule has 0 saturated heterocycles. The molecule has 0 spiro atoms. The molecular weight excluding hydrogens is 261 g/mol. The molecule has 0 amide bonds. The van der Waals surface area contributed by atoms with E-state index < -0.39 is 12.6 Å². The normalized spacial score (nSPS) is 11.4. The number of fused-ring (bicyclic) bond motifs is 1. The molecule has 16 heavy (non-hydrogen) atoms. The summed E-state index contributed by atoms with van der Waals surface area (Å²) in [5.41, 5.74) is 0.0713. The largest absolute Gasteiger partial charge is 1.00 e. The fourth-order valence-corrected chi connectivity index (χ4v) is 2.07. The van der Waals surface area contributed by atoms with Gasteiger partial charge >= 0.3 is 58.4 Å². The van der Waals surface area contributed by atoms with Crippen molar-refractivity contribution in [2.45, 2.75) is 5.03 Å². The third kappa shape index (κ3) is 4.12. The van der Waals surface area contributed by atoms with Gasteiger partial charge in [-0.25, -0.2) is 0 Å². The molecule has 0 unspecified atom stereocenters. The van der Waals surface area contributed by atoms with Crippen LogP contribution < -0.4 is 51.4 Å². The van der Waals surface area contributed by atoms with Crippen LogP contribution in [0.15, 0.2) is 35.4 Å². The van der Waals surface area contributed by atoms with Gasteiger partial charge in [0.05, 0.1) is 5.03 Å². The molecule has 2 aromatic rings.